The summed E-state index contributed by atoms with van der Waals surface area (Å²) in [6.45, 7) is 5.36. The number of methoxy groups -OCH3 is 1. The molecule has 2 heterocycles. The van der Waals surface area contributed by atoms with Gasteiger partial charge in [-0.3, -0.25) is 9.48 Å². The number of hydrogen-bond acceptors (Lipinski definition) is 7. The van der Waals surface area contributed by atoms with Gasteiger partial charge in [0.2, 0.25) is 0 Å². The van der Waals surface area contributed by atoms with Crippen LogP contribution in [0.2, 0.25) is 0 Å². The van der Waals surface area contributed by atoms with Crippen LogP contribution >= 0.6 is 0 Å². The van der Waals surface area contributed by atoms with Crippen LogP contribution in [-0.4, -0.2) is 46.5 Å². The third-order valence-electron chi connectivity index (χ3n) is 6.48. The molecule has 4 rings (SSSR count). The Bertz CT molecular complexity index is 1210. The number of benzene rings is 1. The van der Waals surface area contributed by atoms with Gasteiger partial charge in [0.15, 0.2) is 11.6 Å². The van der Waals surface area contributed by atoms with Crippen LogP contribution in [0.4, 0.5) is 21.7 Å². The number of halogens is 1. The van der Waals surface area contributed by atoms with E-state index >= 15 is 0 Å². The van der Waals surface area contributed by atoms with Crippen molar-refractivity contribution in [3.63, 3.8) is 0 Å². The molecule has 1 fully saturated rings. The summed E-state index contributed by atoms with van der Waals surface area (Å²) in [5.74, 6) is -0.966. The van der Waals surface area contributed by atoms with Crippen molar-refractivity contribution in [1.29, 1.82) is 0 Å². The number of pyridine rings is 1. The summed E-state index contributed by atoms with van der Waals surface area (Å²) in [5, 5.41) is 12.1. The fourth-order valence-corrected chi connectivity index (χ4v) is 4.58. The Labute approximate surface area is 204 Å². The normalized spacial score (nSPS) is 18.2. The van der Waals surface area contributed by atoms with Gasteiger partial charge >= 0.3 is 0 Å². The molecule has 1 saturated carbocycles. The Kier molecular flexibility index (Phi) is 7.51. The number of hydrogen-bond donors (Lipinski definition) is 4. The molecule has 1 amide bonds. The molecular weight excluding hydrogens is 449 g/mol. The standard InChI is InChI=1S/C25H34FN7O2/c1-14(2)22-16-12-15(8-9-21(16)33(32-22)10-11-35-3)29-24-17(23(28)34)13-18(26)25(31-24)30-20-7-5-4-6-19(20)27/h8-9,12-14,19-20H,4-7,10-11,27H2,1-3H3,(H2,28,34)(H2,29,30,31)/t19-,20+/m0/s1. The Morgan fingerprint density at radius 2 is 2.03 bits per heavy atom. The molecule has 1 aliphatic carbocycles. The number of nitrogens with zero attached hydrogens (tertiary/aromatic N) is 3. The predicted octanol–water partition coefficient (Wildman–Crippen LogP) is 3.86. The zero-order valence-electron chi connectivity index (χ0n) is 20.5. The first-order chi connectivity index (χ1) is 16.8. The van der Waals surface area contributed by atoms with Crippen molar-refractivity contribution in [2.24, 2.45) is 11.5 Å². The molecule has 3 aromatic rings. The average Bonchev–Trinajstić information content (AvgIpc) is 3.19. The number of carbonyl (C=O) groups is 1. The van der Waals surface area contributed by atoms with Gasteiger partial charge in [-0.15, -0.1) is 0 Å². The van der Waals surface area contributed by atoms with Gasteiger partial charge in [0.1, 0.15) is 5.82 Å². The quantitative estimate of drug-likeness (QED) is 0.363. The van der Waals surface area contributed by atoms with Crippen molar-refractivity contribution in [2.45, 2.75) is 64.1 Å². The van der Waals surface area contributed by atoms with Crippen LogP contribution in [0, 0.1) is 5.82 Å². The van der Waals surface area contributed by atoms with E-state index in [9.17, 15) is 9.18 Å². The van der Waals surface area contributed by atoms with Crippen LogP contribution in [0.5, 0.6) is 0 Å². The third-order valence-corrected chi connectivity index (χ3v) is 6.48. The minimum Gasteiger partial charge on any atom is -0.383 e. The number of nitrogens with two attached hydrogens (primary N) is 2. The van der Waals surface area contributed by atoms with Crippen molar-refractivity contribution in [3.8, 4) is 0 Å². The van der Waals surface area contributed by atoms with Crippen molar-refractivity contribution >= 4 is 34.1 Å². The first-order valence-electron chi connectivity index (χ1n) is 12.1. The van der Waals surface area contributed by atoms with Gasteiger partial charge in [-0.1, -0.05) is 26.7 Å². The molecule has 188 valence electrons. The van der Waals surface area contributed by atoms with Crippen LogP contribution in [0.1, 0.15) is 61.5 Å². The number of rotatable bonds is 9. The van der Waals surface area contributed by atoms with Gasteiger partial charge in [0, 0.05) is 30.3 Å². The van der Waals surface area contributed by atoms with Crippen LogP contribution in [0.15, 0.2) is 24.3 Å². The summed E-state index contributed by atoms with van der Waals surface area (Å²) >= 11 is 0. The third kappa shape index (κ3) is 5.38. The molecule has 0 unspecified atom stereocenters. The largest absolute Gasteiger partial charge is 0.383 e. The van der Waals surface area contributed by atoms with Crippen LogP contribution < -0.4 is 22.1 Å². The maximum atomic E-state index is 14.8. The fraction of sp³-hybridized carbons (Fsp3) is 0.480. The van der Waals surface area contributed by atoms with E-state index in [0.29, 0.717) is 18.8 Å². The van der Waals surface area contributed by atoms with E-state index in [-0.39, 0.29) is 35.2 Å². The molecule has 35 heavy (non-hydrogen) atoms. The highest BCUT2D eigenvalue weighted by Crippen LogP contribution is 2.31. The molecule has 10 heteroatoms. The van der Waals surface area contributed by atoms with Gasteiger partial charge in [0.25, 0.3) is 5.91 Å². The van der Waals surface area contributed by atoms with Crippen molar-refractivity contribution in [1.82, 2.24) is 14.8 Å². The molecule has 0 bridgehead atoms. The molecule has 1 aromatic carbocycles. The Morgan fingerprint density at radius 3 is 2.71 bits per heavy atom. The number of amides is 1. The van der Waals surface area contributed by atoms with Gasteiger partial charge in [-0.2, -0.15) is 5.10 Å². The molecule has 0 spiro atoms. The second-order valence-corrected chi connectivity index (χ2v) is 9.39. The number of anilines is 3. The van der Waals surface area contributed by atoms with Crippen molar-refractivity contribution in [3.05, 3.63) is 41.3 Å². The van der Waals surface area contributed by atoms with E-state index in [1.54, 1.807) is 7.11 Å². The molecule has 2 atom stereocenters. The molecular formula is C25H34FN7O2. The number of ether oxygens (including phenoxy) is 1. The lowest BCUT2D eigenvalue weighted by Crippen LogP contribution is -2.43. The second kappa shape index (κ2) is 10.6. The van der Waals surface area contributed by atoms with Gasteiger partial charge in [-0.05, 0) is 43.0 Å². The first-order valence-corrected chi connectivity index (χ1v) is 12.1. The predicted molar refractivity (Wildman–Crippen MR) is 136 cm³/mol. The topological polar surface area (TPSA) is 133 Å². The Morgan fingerprint density at radius 1 is 1.26 bits per heavy atom. The fourth-order valence-electron chi connectivity index (χ4n) is 4.58. The molecule has 0 saturated heterocycles. The lowest BCUT2D eigenvalue weighted by atomic mass is 9.91. The van der Waals surface area contributed by atoms with Crippen LogP contribution in [-0.2, 0) is 11.3 Å². The lowest BCUT2D eigenvalue weighted by Gasteiger charge is -2.30. The SMILES string of the molecule is COCCn1nc(C(C)C)c2cc(Nc3nc(N[C@@H]4CCCC[C@@H]4N)c(F)cc3C(N)=O)ccc21. The molecule has 2 aromatic heterocycles. The molecule has 1 aliphatic rings. The number of fused-ring (bicyclic) bond motifs is 1. The number of carbonyl (C=O) groups excluding carboxylic acids is 1. The van der Waals surface area contributed by atoms with E-state index < -0.39 is 11.7 Å². The van der Waals surface area contributed by atoms with Crippen LogP contribution in [0.3, 0.4) is 0 Å². The summed E-state index contributed by atoms with van der Waals surface area (Å²) in [4.78, 5) is 16.5. The minimum absolute atomic E-state index is 0.0269. The monoisotopic (exact) mass is 483 g/mol. The van der Waals surface area contributed by atoms with E-state index in [1.807, 2.05) is 22.9 Å². The van der Waals surface area contributed by atoms with Crippen molar-refractivity contribution in [2.75, 3.05) is 24.4 Å². The average molecular weight is 484 g/mol. The number of primary amides is 1. The summed E-state index contributed by atoms with van der Waals surface area (Å²) in [7, 11) is 1.66. The van der Waals surface area contributed by atoms with Crippen LogP contribution in [0.25, 0.3) is 10.9 Å². The Balaban J connectivity index is 1.69. The van der Waals surface area contributed by atoms with Gasteiger partial charge < -0.3 is 26.8 Å². The Hall–Kier alpha value is -3.24. The minimum atomic E-state index is -0.767. The van der Waals surface area contributed by atoms with Crippen molar-refractivity contribution < 1.29 is 13.9 Å². The lowest BCUT2D eigenvalue weighted by molar-refractivity contribution is 0.100. The summed E-state index contributed by atoms with van der Waals surface area (Å²) in [5.41, 5.74) is 14.4. The summed E-state index contributed by atoms with van der Waals surface area (Å²) in [6, 6.07) is 6.75. The van der Waals surface area contributed by atoms with Gasteiger partial charge in [0.05, 0.1) is 29.9 Å². The smallest absolute Gasteiger partial charge is 0.252 e. The molecule has 0 aliphatic heterocycles. The van der Waals surface area contributed by atoms with E-state index in [1.165, 1.54) is 0 Å². The highest BCUT2D eigenvalue weighted by molar-refractivity contribution is 5.99. The summed E-state index contributed by atoms with van der Waals surface area (Å²) < 4.78 is 22.0. The number of nitrogens with one attached hydrogen (secondary N) is 2. The van der Waals surface area contributed by atoms with Gasteiger partial charge in [-0.25, -0.2) is 9.37 Å². The maximum Gasteiger partial charge on any atom is 0.252 e. The first kappa shape index (κ1) is 24.9. The van der Waals surface area contributed by atoms with E-state index in [2.05, 4.69) is 29.5 Å². The summed E-state index contributed by atoms with van der Waals surface area (Å²) in [6.07, 6.45) is 3.80. The maximum absolute atomic E-state index is 14.8. The number of aromatic nitrogens is 3. The van der Waals surface area contributed by atoms with E-state index in [4.69, 9.17) is 21.3 Å². The zero-order valence-corrected chi connectivity index (χ0v) is 20.5. The highest BCUT2D eigenvalue weighted by atomic mass is 19.1. The highest BCUT2D eigenvalue weighted by Gasteiger charge is 2.24. The van der Waals surface area contributed by atoms with E-state index in [0.717, 1.165) is 48.3 Å². The zero-order chi connectivity index (χ0) is 25.1. The second-order valence-electron chi connectivity index (χ2n) is 9.39. The molecule has 9 nitrogen and oxygen atoms in total. The molecule has 6 N–H and O–H groups in total. The molecule has 0 radical (unpaired) electrons.